The predicted molar refractivity (Wildman–Crippen MR) is 91.5 cm³/mol. The van der Waals surface area contributed by atoms with Crippen LogP contribution >= 0.6 is 0 Å². The summed E-state index contributed by atoms with van der Waals surface area (Å²) >= 11 is 0. The van der Waals surface area contributed by atoms with Crippen LogP contribution in [0.25, 0.3) is 0 Å². The minimum Gasteiger partial charge on any atom is -0.395 e. The van der Waals surface area contributed by atoms with Gasteiger partial charge < -0.3 is 10.2 Å². The molecule has 2 N–H and O–H groups in total. The first-order valence-electron chi connectivity index (χ1n) is 7.94. The molecule has 1 atom stereocenters. The second-order valence-electron chi connectivity index (χ2n) is 5.49. The van der Waals surface area contributed by atoms with Gasteiger partial charge in [0, 0.05) is 6.54 Å². The highest BCUT2D eigenvalue weighted by atomic mass is 32.2. The second kappa shape index (κ2) is 9.82. The van der Waals surface area contributed by atoms with Crippen LogP contribution in [-0.4, -0.2) is 42.1 Å². The van der Waals surface area contributed by atoms with E-state index >= 15 is 0 Å². The normalized spacial score (nSPS) is 13.2. The Bertz CT molecular complexity index is 569. The standard InChI is InChI=1S/C17H27NO4S/c1-3-5-6-12-18(16(14-20)7-4-2)23(21,22)17-10-8-15(13-19)9-11-17/h4,8-11,16,19-20H,2-3,5-7,12-14H2,1H3. The molecule has 1 unspecified atom stereocenters. The Morgan fingerprint density at radius 2 is 1.87 bits per heavy atom. The lowest BCUT2D eigenvalue weighted by Crippen LogP contribution is -2.42. The molecule has 0 amide bonds. The van der Waals surface area contributed by atoms with Gasteiger partial charge in [0.15, 0.2) is 0 Å². The molecule has 0 radical (unpaired) electrons. The van der Waals surface area contributed by atoms with Crippen molar-refractivity contribution in [1.29, 1.82) is 0 Å². The van der Waals surface area contributed by atoms with Crippen molar-refractivity contribution in [2.75, 3.05) is 13.2 Å². The highest BCUT2D eigenvalue weighted by molar-refractivity contribution is 7.89. The average molecular weight is 341 g/mol. The Kier molecular flexibility index (Phi) is 8.47. The van der Waals surface area contributed by atoms with Crippen LogP contribution in [0.15, 0.2) is 41.8 Å². The topological polar surface area (TPSA) is 77.8 Å². The Morgan fingerprint density at radius 1 is 1.22 bits per heavy atom. The monoisotopic (exact) mass is 341 g/mol. The van der Waals surface area contributed by atoms with Crippen LogP contribution in [0.3, 0.4) is 0 Å². The lowest BCUT2D eigenvalue weighted by molar-refractivity contribution is 0.186. The molecule has 0 aromatic heterocycles. The quantitative estimate of drug-likeness (QED) is 0.478. The Balaban J connectivity index is 3.11. The summed E-state index contributed by atoms with van der Waals surface area (Å²) in [6.45, 7) is 5.70. The summed E-state index contributed by atoms with van der Waals surface area (Å²) in [7, 11) is -3.70. The lowest BCUT2D eigenvalue weighted by Gasteiger charge is -2.29. The number of hydrogen-bond acceptors (Lipinski definition) is 4. The molecule has 5 nitrogen and oxygen atoms in total. The van der Waals surface area contributed by atoms with Crippen LogP contribution < -0.4 is 0 Å². The lowest BCUT2D eigenvalue weighted by atomic mass is 10.2. The predicted octanol–water partition coefficient (Wildman–Crippen LogP) is 2.30. The van der Waals surface area contributed by atoms with Gasteiger partial charge in [-0.1, -0.05) is 38.0 Å². The fourth-order valence-corrected chi connectivity index (χ4v) is 4.06. The van der Waals surface area contributed by atoms with Gasteiger partial charge in [-0.3, -0.25) is 0 Å². The highest BCUT2D eigenvalue weighted by Gasteiger charge is 2.30. The molecule has 1 aromatic carbocycles. The van der Waals surface area contributed by atoms with Crippen molar-refractivity contribution in [3.8, 4) is 0 Å². The van der Waals surface area contributed by atoms with Crippen LogP contribution in [0.5, 0.6) is 0 Å². The zero-order valence-electron chi connectivity index (χ0n) is 13.7. The number of aliphatic hydroxyl groups is 2. The fraction of sp³-hybridized carbons (Fsp3) is 0.529. The van der Waals surface area contributed by atoms with E-state index in [4.69, 9.17) is 5.11 Å². The third kappa shape index (κ3) is 5.42. The molecule has 0 heterocycles. The van der Waals surface area contributed by atoms with Gasteiger partial charge in [0.1, 0.15) is 0 Å². The molecule has 0 saturated heterocycles. The summed E-state index contributed by atoms with van der Waals surface area (Å²) in [6, 6.07) is 5.68. The third-order valence-electron chi connectivity index (χ3n) is 3.75. The molecule has 1 rings (SSSR count). The van der Waals surface area contributed by atoms with Crippen molar-refractivity contribution in [3.05, 3.63) is 42.5 Å². The summed E-state index contributed by atoms with van der Waals surface area (Å²) in [6.07, 6.45) is 4.69. The Hall–Kier alpha value is -1.21. The molecule has 0 spiro atoms. The van der Waals surface area contributed by atoms with Gasteiger partial charge in [-0.05, 0) is 30.5 Å². The molecular weight excluding hydrogens is 314 g/mol. The van der Waals surface area contributed by atoms with Gasteiger partial charge in [-0.2, -0.15) is 4.31 Å². The van der Waals surface area contributed by atoms with Crippen LogP contribution in [0.1, 0.15) is 38.2 Å². The largest absolute Gasteiger partial charge is 0.395 e. The fourth-order valence-electron chi connectivity index (χ4n) is 2.39. The molecule has 0 aliphatic rings. The van der Waals surface area contributed by atoms with Crippen molar-refractivity contribution < 1.29 is 18.6 Å². The van der Waals surface area contributed by atoms with E-state index in [-0.39, 0.29) is 18.1 Å². The second-order valence-corrected chi connectivity index (χ2v) is 7.38. The summed E-state index contributed by atoms with van der Waals surface area (Å²) in [4.78, 5) is 0.175. The number of nitrogens with zero attached hydrogens (tertiary/aromatic N) is 1. The molecule has 0 bridgehead atoms. The summed E-state index contributed by atoms with van der Waals surface area (Å²) < 4.78 is 27.2. The zero-order valence-corrected chi connectivity index (χ0v) is 14.5. The first kappa shape index (κ1) is 19.8. The van der Waals surface area contributed by atoms with Gasteiger partial charge in [0.05, 0.1) is 24.2 Å². The van der Waals surface area contributed by atoms with Gasteiger partial charge in [0.2, 0.25) is 10.0 Å². The van der Waals surface area contributed by atoms with Gasteiger partial charge >= 0.3 is 0 Å². The van der Waals surface area contributed by atoms with Crippen molar-refractivity contribution in [3.63, 3.8) is 0 Å². The van der Waals surface area contributed by atoms with E-state index in [1.54, 1.807) is 18.2 Å². The minimum absolute atomic E-state index is 0.129. The number of sulfonamides is 1. The van der Waals surface area contributed by atoms with Crippen LogP contribution in [-0.2, 0) is 16.6 Å². The van der Waals surface area contributed by atoms with E-state index in [1.807, 2.05) is 0 Å². The van der Waals surface area contributed by atoms with E-state index in [1.165, 1.54) is 16.4 Å². The molecule has 130 valence electrons. The summed E-state index contributed by atoms with van der Waals surface area (Å²) in [5.41, 5.74) is 0.659. The molecule has 0 fully saturated rings. The van der Waals surface area contributed by atoms with E-state index in [9.17, 15) is 13.5 Å². The maximum atomic E-state index is 12.9. The van der Waals surface area contributed by atoms with Crippen LogP contribution in [0.4, 0.5) is 0 Å². The number of rotatable bonds is 11. The molecular formula is C17H27NO4S. The summed E-state index contributed by atoms with van der Waals surface area (Å²) in [5, 5.41) is 18.7. The van der Waals surface area contributed by atoms with Gasteiger partial charge in [0.25, 0.3) is 0 Å². The highest BCUT2D eigenvalue weighted by Crippen LogP contribution is 2.21. The maximum Gasteiger partial charge on any atom is 0.243 e. The molecule has 6 heteroatoms. The van der Waals surface area contributed by atoms with Crippen molar-refractivity contribution in [2.45, 2.75) is 50.2 Å². The van der Waals surface area contributed by atoms with Crippen LogP contribution in [0.2, 0.25) is 0 Å². The molecule has 0 aliphatic heterocycles. The van der Waals surface area contributed by atoms with E-state index in [0.717, 1.165) is 19.3 Å². The number of benzene rings is 1. The van der Waals surface area contributed by atoms with Crippen molar-refractivity contribution in [2.24, 2.45) is 0 Å². The van der Waals surface area contributed by atoms with E-state index in [2.05, 4.69) is 13.5 Å². The van der Waals surface area contributed by atoms with E-state index < -0.39 is 16.1 Å². The Labute approximate surface area is 139 Å². The average Bonchev–Trinajstić information content (AvgIpc) is 2.57. The first-order valence-corrected chi connectivity index (χ1v) is 9.38. The third-order valence-corrected chi connectivity index (χ3v) is 5.72. The van der Waals surface area contributed by atoms with Crippen molar-refractivity contribution in [1.82, 2.24) is 4.31 Å². The molecule has 0 aliphatic carbocycles. The number of unbranched alkanes of at least 4 members (excludes halogenated alkanes) is 2. The summed E-state index contributed by atoms with van der Waals surface area (Å²) in [5.74, 6) is 0. The van der Waals surface area contributed by atoms with Crippen molar-refractivity contribution >= 4 is 10.0 Å². The number of hydrogen-bond donors (Lipinski definition) is 2. The number of aliphatic hydroxyl groups excluding tert-OH is 2. The van der Waals surface area contributed by atoms with Crippen LogP contribution in [0, 0.1) is 0 Å². The SMILES string of the molecule is C=CCC(CO)N(CCCCC)S(=O)(=O)c1ccc(CO)cc1. The maximum absolute atomic E-state index is 12.9. The van der Waals surface area contributed by atoms with Gasteiger partial charge in [-0.15, -0.1) is 6.58 Å². The Morgan fingerprint density at radius 3 is 2.35 bits per heavy atom. The molecule has 0 saturated carbocycles. The van der Waals surface area contributed by atoms with E-state index in [0.29, 0.717) is 18.5 Å². The molecule has 23 heavy (non-hydrogen) atoms. The molecule has 1 aromatic rings. The smallest absolute Gasteiger partial charge is 0.243 e. The first-order chi connectivity index (χ1) is 11.0. The zero-order chi connectivity index (χ0) is 17.3. The minimum atomic E-state index is -3.70. The van der Waals surface area contributed by atoms with Gasteiger partial charge in [-0.25, -0.2) is 8.42 Å².